The Morgan fingerprint density at radius 2 is 1.68 bits per heavy atom. The Morgan fingerprint density at radius 3 is 2.32 bits per heavy atom. The molecule has 252 valence electrons. The largest absolute Gasteiger partial charge is 0.506 e. The number of aromatic hydroxyl groups is 1. The van der Waals surface area contributed by atoms with Gasteiger partial charge in [-0.2, -0.15) is 0 Å². The number of phenols is 1. The zero-order valence-electron chi connectivity index (χ0n) is 28.5. The fraction of sp³-hybridized carbons (Fsp3) is 0.553. The summed E-state index contributed by atoms with van der Waals surface area (Å²) in [6.45, 7) is 15.1. The van der Waals surface area contributed by atoms with E-state index >= 15 is 0 Å². The maximum absolute atomic E-state index is 14.8. The van der Waals surface area contributed by atoms with Crippen LogP contribution in [-0.4, -0.2) is 61.4 Å². The van der Waals surface area contributed by atoms with Crippen molar-refractivity contribution in [3.05, 3.63) is 57.7 Å². The highest BCUT2D eigenvalue weighted by molar-refractivity contribution is 6.10. The maximum Gasteiger partial charge on any atom is 0.330 e. The van der Waals surface area contributed by atoms with Gasteiger partial charge in [0.25, 0.3) is 0 Å². The molecule has 3 aliphatic heterocycles. The molecule has 3 aliphatic carbocycles. The summed E-state index contributed by atoms with van der Waals surface area (Å²) >= 11 is 0. The fourth-order valence-electron chi connectivity index (χ4n) is 8.76. The molecular formula is C38H46O9. The third-order valence-electron chi connectivity index (χ3n) is 11.1. The van der Waals surface area contributed by atoms with Gasteiger partial charge in [0.05, 0.1) is 23.2 Å². The smallest absolute Gasteiger partial charge is 0.330 e. The molecule has 0 radical (unpaired) electrons. The fourth-order valence-corrected chi connectivity index (χ4v) is 8.76. The van der Waals surface area contributed by atoms with E-state index in [1.54, 1.807) is 6.08 Å². The van der Waals surface area contributed by atoms with Crippen molar-refractivity contribution in [1.82, 2.24) is 0 Å². The number of aliphatic hydroxyl groups excluding tert-OH is 1. The van der Waals surface area contributed by atoms with Crippen LogP contribution in [0.2, 0.25) is 0 Å². The Balaban J connectivity index is 1.60. The molecule has 3 saturated carbocycles. The highest BCUT2D eigenvalue weighted by Gasteiger charge is 2.85. The van der Waals surface area contributed by atoms with Crippen LogP contribution in [0.15, 0.2) is 41.0 Å². The van der Waals surface area contributed by atoms with E-state index in [-0.39, 0.29) is 35.5 Å². The molecule has 1 spiro atoms. The second-order valence-corrected chi connectivity index (χ2v) is 15.2. The molecule has 4 bridgehead atoms. The Labute approximate surface area is 276 Å². The van der Waals surface area contributed by atoms with E-state index in [2.05, 4.69) is 6.08 Å². The molecule has 1 aromatic rings. The van der Waals surface area contributed by atoms with Gasteiger partial charge in [0.2, 0.25) is 0 Å². The monoisotopic (exact) mass is 646 g/mol. The van der Waals surface area contributed by atoms with Gasteiger partial charge in [-0.15, -0.1) is 0 Å². The molecule has 1 saturated heterocycles. The lowest BCUT2D eigenvalue weighted by molar-refractivity contribution is -0.220. The average molecular weight is 647 g/mol. The number of fused-ring (bicyclic) bond motifs is 2. The first kappa shape index (κ1) is 33.2. The molecule has 3 heterocycles. The van der Waals surface area contributed by atoms with E-state index in [0.29, 0.717) is 29.7 Å². The molecule has 6 aliphatic rings. The van der Waals surface area contributed by atoms with Crippen LogP contribution in [0, 0.1) is 17.8 Å². The van der Waals surface area contributed by atoms with Gasteiger partial charge in [-0.05, 0) is 93.2 Å². The third-order valence-corrected chi connectivity index (χ3v) is 11.1. The SMILES string of the molecule is CC(C)=CCC[C@]1(C)C=Cc2c(O)c3c(c(CC=C(C)C)c2O1)O[C@]12[C@@H](C3=O)[C@@H](O)[C@@H]3C[C@H]1C(C)(C)O[C@@]2(C/C=C(\C)C(=O)O)C3=O. The van der Waals surface area contributed by atoms with Crippen LogP contribution in [0.4, 0.5) is 0 Å². The van der Waals surface area contributed by atoms with Gasteiger partial charge in [-0.3, -0.25) is 9.59 Å². The number of carboxylic acid groups (broad SMARTS) is 1. The summed E-state index contributed by atoms with van der Waals surface area (Å²) in [6.07, 6.45) is 9.79. The van der Waals surface area contributed by atoms with Crippen LogP contribution in [0.25, 0.3) is 6.08 Å². The maximum atomic E-state index is 14.8. The Morgan fingerprint density at radius 1 is 1.00 bits per heavy atom. The number of ether oxygens (including phenoxy) is 3. The number of carboxylic acids is 1. The van der Waals surface area contributed by atoms with E-state index in [4.69, 9.17) is 14.2 Å². The topological polar surface area (TPSA) is 140 Å². The van der Waals surface area contributed by atoms with Crippen molar-refractivity contribution in [2.45, 2.75) is 116 Å². The van der Waals surface area contributed by atoms with Gasteiger partial charge < -0.3 is 29.5 Å². The number of aliphatic hydroxyl groups is 1. The van der Waals surface area contributed by atoms with Gasteiger partial charge in [0.15, 0.2) is 22.8 Å². The molecule has 7 atom stereocenters. The minimum atomic E-state index is -1.74. The zero-order chi connectivity index (χ0) is 34.4. The zero-order valence-corrected chi connectivity index (χ0v) is 28.5. The average Bonchev–Trinajstić information content (AvgIpc) is 3.10. The molecule has 3 N–H and O–H groups in total. The van der Waals surface area contributed by atoms with Crippen molar-refractivity contribution >= 4 is 23.6 Å². The first-order chi connectivity index (χ1) is 21.9. The second kappa shape index (κ2) is 10.9. The first-order valence-corrected chi connectivity index (χ1v) is 16.5. The number of hydrogen-bond donors (Lipinski definition) is 3. The number of carbonyl (C=O) groups is 3. The molecule has 1 aromatic carbocycles. The van der Waals surface area contributed by atoms with E-state index in [1.807, 2.05) is 60.6 Å². The lowest BCUT2D eigenvalue weighted by atomic mass is 9.45. The van der Waals surface area contributed by atoms with Crippen molar-refractivity contribution < 1.29 is 43.9 Å². The molecule has 47 heavy (non-hydrogen) atoms. The number of ketones is 2. The Hall–Kier alpha value is -3.69. The van der Waals surface area contributed by atoms with Crippen molar-refractivity contribution in [2.75, 3.05) is 0 Å². The predicted molar refractivity (Wildman–Crippen MR) is 176 cm³/mol. The highest BCUT2D eigenvalue weighted by Crippen LogP contribution is 2.70. The normalized spacial score (nSPS) is 34.1. The summed E-state index contributed by atoms with van der Waals surface area (Å²) in [7, 11) is 0. The highest BCUT2D eigenvalue weighted by atomic mass is 16.6. The summed E-state index contributed by atoms with van der Waals surface area (Å²) in [5, 5.41) is 33.2. The Kier molecular flexibility index (Phi) is 7.72. The van der Waals surface area contributed by atoms with Crippen LogP contribution in [0.1, 0.15) is 103 Å². The third kappa shape index (κ3) is 4.67. The van der Waals surface area contributed by atoms with Gasteiger partial charge >= 0.3 is 5.97 Å². The first-order valence-electron chi connectivity index (χ1n) is 16.5. The minimum absolute atomic E-state index is 0.0260. The van der Waals surface area contributed by atoms with Crippen molar-refractivity contribution in [3.63, 3.8) is 0 Å². The molecule has 4 fully saturated rings. The van der Waals surface area contributed by atoms with Crippen LogP contribution < -0.4 is 9.47 Å². The van der Waals surface area contributed by atoms with E-state index in [0.717, 1.165) is 12.0 Å². The van der Waals surface area contributed by atoms with Gasteiger partial charge in [-0.1, -0.05) is 29.4 Å². The molecule has 0 unspecified atom stereocenters. The van der Waals surface area contributed by atoms with Gasteiger partial charge in [0.1, 0.15) is 28.4 Å². The van der Waals surface area contributed by atoms with Gasteiger partial charge in [0, 0.05) is 29.4 Å². The van der Waals surface area contributed by atoms with Crippen LogP contribution in [0.3, 0.4) is 0 Å². The quantitative estimate of drug-likeness (QED) is 0.220. The number of benzene rings is 1. The standard InChI is InChI=1S/C38H46O9/c1-19(2)10-9-15-36(8)16-14-22-28(39)26-30(41)27-29(40)24-18-25-35(6,7)47-37(33(24)42,17-13-21(5)34(43)44)38(25,27)46-32(26)23(31(22)45-36)12-11-20(3)4/h10-11,13-14,16,24-25,27,29,39-40H,9,12,15,17-18H2,1-8H3,(H,43,44)/b21-13+/t24-,25-,27+,29-,36+,37-,38-/m0/s1. The van der Waals surface area contributed by atoms with Crippen LogP contribution in [0.5, 0.6) is 17.2 Å². The van der Waals surface area contributed by atoms with Crippen LogP contribution >= 0.6 is 0 Å². The van der Waals surface area contributed by atoms with Crippen molar-refractivity contribution in [2.24, 2.45) is 17.8 Å². The lowest BCUT2D eigenvalue weighted by Crippen LogP contribution is -2.80. The van der Waals surface area contributed by atoms with E-state index < -0.39 is 63.8 Å². The number of Topliss-reactive ketones (excluding diaryl/α,β-unsaturated/α-hetero) is 2. The Bertz CT molecular complexity index is 1700. The summed E-state index contributed by atoms with van der Waals surface area (Å²) in [5.41, 5.74) is -1.91. The van der Waals surface area contributed by atoms with E-state index in [9.17, 15) is 29.7 Å². The number of phenolic OH excluding ortho intramolecular Hbond substituents is 1. The summed E-state index contributed by atoms with van der Waals surface area (Å²) in [5.74, 6) is -4.44. The van der Waals surface area contributed by atoms with Crippen LogP contribution in [-0.2, 0) is 20.7 Å². The predicted octanol–water partition coefficient (Wildman–Crippen LogP) is 6.29. The second-order valence-electron chi connectivity index (χ2n) is 15.2. The number of carbonyl (C=O) groups excluding carboxylic acids is 2. The van der Waals surface area contributed by atoms with Crippen molar-refractivity contribution in [3.8, 4) is 17.2 Å². The number of hydrogen-bond acceptors (Lipinski definition) is 8. The number of allylic oxidation sites excluding steroid dienone is 4. The number of aliphatic carboxylic acids is 1. The molecule has 0 aromatic heterocycles. The molecule has 9 heteroatoms. The van der Waals surface area contributed by atoms with Gasteiger partial charge in [-0.25, -0.2) is 4.79 Å². The molecular weight excluding hydrogens is 600 g/mol. The molecule has 7 rings (SSSR count). The molecule has 9 nitrogen and oxygen atoms in total. The summed E-state index contributed by atoms with van der Waals surface area (Å²) in [6, 6.07) is 0. The van der Waals surface area contributed by atoms with Crippen molar-refractivity contribution in [1.29, 1.82) is 0 Å². The van der Waals surface area contributed by atoms with E-state index in [1.165, 1.54) is 18.6 Å². The summed E-state index contributed by atoms with van der Waals surface area (Å²) < 4.78 is 20.5. The summed E-state index contributed by atoms with van der Waals surface area (Å²) in [4.78, 5) is 41.1. The minimum Gasteiger partial charge on any atom is -0.506 e. The molecule has 0 amide bonds. The lowest BCUT2D eigenvalue weighted by Gasteiger charge is -2.62. The number of rotatable bonds is 8.